The molecule has 7 heteroatoms. The van der Waals surface area contributed by atoms with Gasteiger partial charge in [0.05, 0.1) is 15.1 Å². The van der Waals surface area contributed by atoms with E-state index in [1.807, 2.05) is 0 Å². The second-order valence-electron chi connectivity index (χ2n) is 4.64. The predicted octanol–water partition coefficient (Wildman–Crippen LogP) is 1.76. The lowest BCUT2D eigenvalue weighted by atomic mass is 10.2. The van der Waals surface area contributed by atoms with Gasteiger partial charge in [0.15, 0.2) is 0 Å². The van der Waals surface area contributed by atoms with Crippen molar-refractivity contribution in [3.8, 4) is 0 Å². The molecule has 5 nitrogen and oxygen atoms in total. The number of thiazole rings is 1. The first-order valence-corrected chi connectivity index (χ1v) is 8.46. The Hall–Kier alpha value is -1.18. The summed E-state index contributed by atoms with van der Waals surface area (Å²) in [5.74, 6) is 0. The number of piperidine rings is 1. The van der Waals surface area contributed by atoms with Gasteiger partial charge in [0.2, 0.25) is 10.0 Å². The monoisotopic (exact) mass is 298 g/mol. The first-order valence-electron chi connectivity index (χ1n) is 6.20. The van der Waals surface area contributed by atoms with Gasteiger partial charge in [-0.15, -0.1) is 0 Å². The number of rotatable bonds is 2. The topological polar surface area (TPSA) is 70.2 Å². The van der Waals surface area contributed by atoms with E-state index in [2.05, 4.69) is 4.98 Å². The summed E-state index contributed by atoms with van der Waals surface area (Å²) in [6.45, 7) is 1.17. The van der Waals surface area contributed by atoms with E-state index < -0.39 is 10.0 Å². The molecule has 2 aromatic rings. The zero-order chi connectivity index (χ0) is 13.5. The van der Waals surface area contributed by atoms with Crippen molar-refractivity contribution >= 4 is 31.6 Å². The molecule has 0 saturated carbocycles. The van der Waals surface area contributed by atoms with Crippen LogP contribution in [0.4, 0.5) is 0 Å². The molecule has 0 amide bonds. The maximum absolute atomic E-state index is 12.5. The average Bonchev–Trinajstić information content (AvgIpc) is 2.78. The standard InChI is InChI=1S/C12H14N2O3S2/c15-12-13-10-5-4-9(8-11(10)18-12)19(16,17)14-6-2-1-3-7-14/h4-5,8H,1-3,6-7H2,(H,13,15). The first-order chi connectivity index (χ1) is 9.07. The minimum absolute atomic E-state index is 0.164. The van der Waals surface area contributed by atoms with E-state index in [1.165, 1.54) is 4.31 Å². The van der Waals surface area contributed by atoms with Crippen molar-refractivity contribution in [1.29, 1.82) is 0 Å². The predicted molar refractivity (Wildman–Crippen MR) is 75.1 cm³/mol. The lowest BCUT2D eigenvalue weighted by Gasteiger charge is -2.25. The summed E-state index contributed by atoms with van der Waals surface area (Å²) in [6.07, 6.45) is 2.92. The molecule has 0 bridgehead atoms. The van der Waals surface area contributed by atoms with Crippen molar-refractivity contribution < 1.29 is 8.42 Å². The van der Waals surface area contributed by atoms with Gasteiger partial charge in [-0.1, -0.05) is 17.8 Å². The van der Waals surface area contributed by atoms with Crippen LogP contribution in [0.15, 0.2) is 27.9 Å². The molecule has 2 heterocycles. The fraction of sp³-hybridized carbons (Fsp3) is 0.417. The largest absolute Gasteiger partial charge is 0.312 e. The summed E-state index contributed by atoms with van der Waals surface area (Å²) in [6, 6.07) is 4.81. The van der Waals surface area contributed by atoms with Gasteiger partial charge in [-0.25, -0.2) is 8.42 Å². The minimum atomic E-state index is -3.42. The Labute approximate surface area is 114 Å². The van der Waals surface area contributed by atoms with Crippen molar-refractivity contribution in [1.82, 2.24) is 9.29 Å². The van der Waals surface area contributed by atoms with Gasteiger partial charge >= 0.3 is 4.87 Å². The maximum atomic E-state index is 12.5. The van der Waals surface area contributed by atoms with Crippen LogP contribution in [0.1, 0.15) is 19.3 Å². The van der Waals surface area contributed by atoms with Crippen molar-refractivity contribution in [2.24, 2.45) is 0 Å². The number of hydrogen-bond acceptors (Lipinski definition) is 4. The normalized spacial score (nSPS) is 17.9. The third-order valence-corrected chi connectivity index (χ3v) is 6.09. The van der Waals surface area contributed by atoms with Crippen molar-refractivity contribution in [3.63, 3.8) is 0 Å². The molecule has 1 aromatic heterocycles. The molecule has 102 valence electrons. The van der Waals surface area contributed by atoms with E-state index in [0.717, 1.165) is 30.6 Å². The number of nitrogens with one attached hydrogen (secondary N) is 1. The molecule has 1 N–H and O–H groups in total. The third-order valence-electron chi connectivity index (χ3n) is 3.35. The molecule has 0 radical (unpaired) electrons. The van der Waals surface area contributed by atoms with E-state index in [1.54, 1.807) is 18.2 Å². The van der Waals surface area contributed by atoms with Crippen LogP contribution in [0, 0.1) is 0 Å². The third kappa shape index (κ3) is 2.33. The quantitative estimate of drug-likeness (QED) is 0.918. The highest BCUT2D eigenvalue weighted by Gasteiger charge is 2.26. The molecule has 0 atom stereocenters. The molecule has 1 fully saturated rings. The van der Waals surface area contributed by atoms with E-state index in [4.69, 9.17) is 0 Å². The van der Waals surface area contributed by atoms with Crippen LogP contribution >= 0.6 is 11.3 Å². The fourth-order valence-corrected chi connectivity index (χ4v) is 4.73. The van der Waals surface area contributed by atoms with E-state index in [9.17, 15) is 13.2 Å². The van der Waals surface area contributed by atoms with Gasteiger partial charge in [0.25, 0.3) is 0 Å². The minimum Gasteiger partial charge on any atom is -0.312 e. The lowest BCUT2D eigenvalue weighted by Crippen LogP contribution is -2.35. The van der Waals surface area contributed by atoms with Gasteiger partial charge < -0.3 is 4.98 Å². The fourth-order valence-electron chi connectivity index (χ4n) is 2.34. The molecule has 1 aliphatic rings. The Kier molecular flexibility index (Phi) is 3.20. The van der Waals surface area contributed by atoms with Crippen molar-refractivity contribution in [3.05, 3.63) is 27.9 Å². The van der Waals surface area contributed by atoms with Crippen LogP contribution in [-0.2, 0) is 10.0 Å². The van der Waals surface area contributed by atoms with Crippen molar-refractivity contribution in [2.45, 2.75) is 24.2 Å². The number of H-pyrrole nitrogens is 1. The highest BCUT2D eigenvalue weighted by Crippen LogP contribution is 2.24. The molecule has 0 unspecified atom stereocenters. The Morgan fingerprint density at radius 2 is 1.89 bits per heavy atom. The zero-order valence-corrected chi connectivity index (χ0v) is 11.9. The zero-order valence-electron chi connectivity index (χ0n) is 10.3. The Balaban J connectivity index is 2.04. The molecule has 19 heavy (non-hydrogen) atoms. The Morgan fingerprint density at radius 3 is 2.63 bits per heavy atom. The summed E-state index contributed by atoms with van der Waals surface area (Å²) in [4.78, 5) is 14.0. The smallest absolute Gasteiger partial charge is 0.305 e. The maximum Gasteiger partial charge on any atom is 0.305 e. The second kappa shape index (κ2) is 4.73. The van der Waals surface area contributed by atoms with Crippen LogP contribution in [0.25, 0.3) is 10.2 Å². The van der Waals surface area contributed by atoms with E-state index in [0.29, 0.717) is 23.3 Å². The van der Waals surface area contributed by atoms with Gasteiger partial charge in [-0.2, -0.15) is 4.31 Å². The van der Waals surface area contributed by atoms with E-state index in [-0.39, 0.29) is 9.77 Å². The molecular weight excluding hydrogens is 284 g/mol. The number of fused-ring (bicyclic) bond motifs is 1. The number of sulfonamides is 1. The average molecular weight is 298 g/mol. The number of hydrogen-bond donors (Lipinski definition) is 1. The van der Waals surface area contributed by atoms with Crippen LogP contribution in [0.2, 0.25) is 0 Å². The number of benzene rings is 1. The molecule has 1 saturated heterocycles. The Bertz CT molecular complexity index is 755. The molecule has 0 spiro atoms. The molecule has 1 aliphatic heterocycles. The van der Waals surface area contributed by atoms with Crippen LogP contribution < -0.4 is 4.87 Å². The van der Waals surface area contributed by atoms with Crippen molar-refractivity contribution in [2.75, 3.05) is 13.1 Å². The van der Waals surface area contributed by atoms with Crippen LogP contribution in [0.5, 0.6) is 0 Å². The molecular formula is C12H14N2O3S2. The summed E-state index contributed by atoms with van der Waals surface area (Å²) in [7, 11) is -3.42. The summed E-state index contributed by atoms with van der Waals surface area (Å²) >= 11 is 1.03. The van der Waals surface area contributed by atoms with Gasteiger partial charge in [0, 0.05) is 13.1 Å². The van der Waals surface area contributed by atoms with Crippen LogP contribution in [-0.4, -0.2) is 30.8 Å². The number of aromatic amines is 1. The second-order valence-corrected chi connectivity index (χ2v) is 7.59. The molecule has 3 rings (SSSR count). The number of nitrogens with zero attached hydrogens (tertiary/aromatic N) is 1. The Morgan fingerprint density at radius 1 is 1.16 bits per heavy atom. The first kappa shape index (κ1) is 12.8. The summed E-state index contributed by atoms with van der Waals surface area (Å²) < 4.78 is 27.2. The highest BCUT2D eigenvalue weighted by atomic mass is 32.2. The summed E-state index contributed by atoms with van der Waals surface area (Å²) in [5.41, 5.74) is 0.688. The van der Waals surface area contributed by atoms with Gasteiger partial charge in [0.1, 0.15) is 0 Å². The number of aromatic nitrogens is 1. The molecule has 0 aliphatic carbocycles. The van der Waals surface area contributed by atoms with E-state index >= 15 is 0 Å². The molecule has 1 aromatic carbocycles. The lowest BCUT2D eigenvalue weighted by molar-refractivity contribution is 0.346. The summed E-state index contributed by atoms with van der Waals surface area (Å²) in [5, 5.41) is 0. The highest BCUT2D eigenvalue weighted by molar-refractivity contribution is 7.89. The van der Waals surface area contributed by atoms with Crippen LogP contribution in [0.3, 0.4) is 0 Å². The van der Waals surface area contributed by atoms with Gasteiger partial charge in [-0.3, -0.25) is 4.79 Å². The SMILES string of the molecule is O=c1[nH]c2ccc(S(=O)(=O)N3CCCCC3)cc2s1. The van der Waals surface area contributed by atoms with Gasteiger partial charge in [-0.05, 0) is 31.0 Å².